The van der Waals surface area contributed by atoms with Gasteiger partial charge in [0, 0.05) is 13.0 Å². The number of nitrogens with zero attached hydrogens (tertiary/aromatic N) is 1. The Hall–Kier alpha value is -1.61. The molecule has 3 rings (SSSR count). The molecule has 1 aliphatic carbocycles. The van der Waals surface area contributed by atoms with E-state index in [1.54, 1.807) is 6.92 Å². The molecule has 0 aromatic rings. The summed E-state index contributed by atoms with van der Waals surface area (Å²) in [4.78, 5) is 3.44. The third-order valence-corrected chi connectivity index (χ3v) is 5.76. The zero-order valence-corrected chi connectivity index (χ0v) is 16.2. The summed E-state index contributed by atoms with van der Waals surface area (Å²) in [5.74, 6) is -1.14. The number of alkyl halides is 6. The number of hydrogen-bond donors (Lipinski definition) is 1. The zero-order valence-electron chi connectivity index (χ0n) is 16.2. The highest BCUT2D eigenvalue weighted by molar-refractivity contribution is 6.02. The average Bonchev–Trinajstić information content (AvgIpc) is 2.64. The molecule has 0 bridgehead atoms. The molecule has 0 radical (unpaired) electrons. The van der Waals surface area contributed by atoms with E-state index in [1.807, 2.05) is 0 Å². The summed E-state index contributed by atoms with van der Waals surface area (Å²) in [6, 6.07) is 0. The fraction of sp³-hybridized carbons (Fsp3) is 0.650. The average molecular weight is 422 g/mol. The van der Waals surface area contributed by atoms with Crippen LogP contribution < -0.4 is 5.32 Å². The highest BCUT2D eigenvalue weighted by Gasteiger charge is 2.46. The molecule has 0 amide bonds. The Morgan fingerprint density at radius 2 is 1.93 bits per heavy atom. The standard InChI is InChI=1S/C20H24F6N2O/c1-11-5-6-14(19(21,22)23)18-17(11)13(9-16(28-18)20(24,25)26)15(29-2)8-12-4-3-7-27-10-12/h5-6,9,11-12,15,17,27H,3-4,7-8,10H2,1-2H3. The van der Waals surface area contributed by atoms with Gasteiger partial charge >= 0.3 is 12.4 Å². The van der Waals surface area contributed by atoms with Gasteiger partial charge in [0.15, 0.2) is 0 Å². The molecule has 4 unspecified atom stereocenters. The zero-order chi connectivity index (χ0) is 21.4. The van der Waals surface area contributed by atoms with E-state index < -0.39 is 47.3 Å². The molecule has 1 saturated heterocycles. The maximum atomic E-state index is 13.5. The van der Waals surface area contributed by atoms with E-state index in [-0.39, 0.29) is 11.5 Å². The number of allylic oxidation sites excluding steroid dienone is 5. The minimum Gasteiger partial charge on any atom is -0.377 e. The molecule has 0 aromatic carbocycles. The largest absolute Gasteiger partial charge is 0.433 e. The van der Waals surface area contributed by atoms with Crippen LogP contribution in [0.5, 0.6) is 0 Å². The van der Waals surface area contributed by atoms with Crippen LogP contribution in [-0.4, -0.2) is 44.4 Å². The Balaban J connectivity index is 2.06. The molecule has 3 aliphatic rings. The maximum Gasteiger partial charge on any atom is 0.433 e. The SMILES string of the molecule is COC(CC1CCCNC1)C1=CC(C(F)(F)F)=NC2=C(C(F)(F)F)C=CC(C)C12. The molecule has 0 aromatic heterocycles. The molecule has 3 nitrogen and oxygen atoms in total. The fourth-order valence-corrected chi connectivity index (χ4v) is 4.34. The number of methoxy groups -OCH3 is 1. The quantitative estimate of drug-likeness (QED) is 0.649. The Morgan fingerprint density at radius 1 is 1.21 bits per heavy atom. The minimum atomic E-state index is -4.85. The molecular weight excluding hydrogens is 398 g/mol. The van der Waals surface area contributed by atoms with Crippen LogP contribution in [0.1, 0.15) is 26.2 Å². The molecule has 9 heteroatoms. The van der Waals surface area contributed by atoms with Crippen molar-refractivity contribution >= 4 is 5.71 Å². The van der Waals surface area contributed by atoms with Crippen molar-refractivity contribution in [1.29, 1.82) is 0 Å². The van der Waals surface area contributed by atoms with Crippen LogP contribution in [0.25, 0.3) is 0 Å². The lowest BCUT2D eigenvalue weighted by Gasteiger charge is -2.38. The van der Waals surface area contributed by atoms with Crippen molar-refractivity contribution in [2.45, 2.75) is 44.6 Å². The molecule has 2 heterocycles. The first-order chi connectivity index (χ1) is 13.5. The number of piperidine rings is 1. The topological polar surface area (TPSA) is 33.6 Å². The molecule has 0 saturated carbocycles. The van der Waals surface area contributed by atoms with E-state index in [0.717, 1.165) is 31.5 Å². The number of fused-ring (bicyclic) bond motifs is 1. The van der Waals surface area contributed by atoms with Crippen LogP contribution in [-0.2, 0) is 4.74 Å². The predicted molar refractivity (Wildman–Crippen MR) is 97.5 cm³/mol. The Bertz CT molecular complexity index is 741. The van der Waals surface area contributed by atoms with Crippen LogP contribution in [0.2, 0.25) is 0 Å². The van der Waals surface area contributed by atoms with Gasteiger partial charge in [0.2, 0.25) is 0 Å². The summed E-state index contributed by atoms with van der Waals surface area (Å²) in [6.07, 6.45) is -4.95. The third kappa shape index (κ3) is 4.77. The van der Waals surface area contributed by atoms with Gasteiger partial charge in [-0.15, -0.1) is 0 Å². The monoisotopic (exact) mass is 422 g/mol. The van der Waals surface area contributed by atoms with Crippen LogP contribution in [0.15, 0.2) is 40.1 Å². The summed E-state index contributed by atoms with van der Waals surface area (Å²) in [5.41, 5.74) is -2.79. The van der Waals surface area contributed by atoms with Crippen molar-refractivity contribution in [3.8, 4) is 0 Å². The maximum absolute atomic E-state index is 13.5. The Labute approximate surface area is 165 Å². The van der Waals surface area contributed by atoms with E-state index in [1.165, 1.54) is 13.2 Å². The Kier molecular flexibility index (Phi) is 6.29. The highest BCUT2D eigenvalue weighted by Crippen LogP contribution is 2.46. The first-order valence-electron chi connectivity index (χ1n) is 9.62. The van der Waals surface area contributed by atoms with Crippen molar-refractivity contribution in [1.82, 2.24) is 5.32 Å². The number of rotatable bonds is 4. The summed E-state index contributed by atoms with van der Waals surface area (Å²) < 4.78 is 86.5. The van der Waals surface area contributed by atoms with Gasteiger partial charge in [-0.1, -0.05) is 19.1 Å². The van der Waals surface area contributed by atoms with Gasteiger partial charge in [-0.05, 0) is 55.8 Å². The number of hydrogen-bond acceptors (Lipinski definition) is 3. The molecule has 4 atom stereocenters. The summed E-state index contributed by atoms with van der Waals surface area (Å²) in [5, 5.41) is 3.24. The van der Waals surface area contributed by atoms with E-state index in [4.69, 9.17) is 4.74 Å². The number of halogens is 6. The van der Waals surface area contributed by atoms with E-state index in [0.29, 0.717) is 13.0 Å². The highest BCUT2D eigenvalue weighted by atomic mass is 19.4. The third-order valence-electron chi connectivity index (χ3n) is 5.76. The van der Waals surface area contributed by atoms with Crippen molar-refractivity contribution in [3.63, 3.8) is 0 Å². The van der Waals surface area contributed by atoms with Gasteiger partial charge in [0.1, 0.15) is 5.71 Å². The van der Waals surface area contributed by atoms with Crippen molar-refractivity contribution in [3.05, 3.63) is 35.1 Å². The molecule has 1 fully saturated rings. The fourth-order valence-electron chi connectivity index (χ4n) is 4.34. The minimum absolute atomic E-state index is 0.187. The molecule has 1 N–H and O–H groups in total. The van der Waals surface area contributed by atoms with Gasteiger partial charge in [-0.3, -0.25) is 0 Å². The second kappa shape index (κ2) is 8.26. The molecule has 162 valence electrons. The van der Waals surface area contributed by atoms with Crippen molar-refractivity contribution in [2.75, 3.05) is 20.2 Å². The molecule has 2 aliphatic heterocycles. The number of ether oxygens (including phenoxy) is 1. The first-order valence-corrected chi connectivity index (χ1v) is 9.62. The second-order valence-electron chi connectivity index (χ2n) is 7.80. The van der Waals surface area contributed by atoms with E-state index in [9.17, 15) is 26.3 Å². The molecule has 29 heavy (non-hydrogen) atoms. The summed E-state index contributed by atoms with van der Waals surface area (Å²) in [6.45, 7) is 3.28. The van der Waals surface area contributed by atoms with Crippen molar-refractivity contribution < 1.29 is 31.1 Å². The number of nitrogens with one attached hydrogen (secondary N) is 1. The smallest absolute Gasteiger partial charge is 0.377 e. The van der Waals surface area contributed by atoms with Crippen molar-refractivity contribution in [2.24, 2.45) is 22.7 Å². The Morgan fingerprint density at radius 3 is 2.48 bits per heavy atom. The normalized spacial score (nSPS) is 29.3. The lowest BCUT2D eigenvalue weighted by Crippen LogP contribution is -2.38. The van der Waals surface area contributed by atoms with Gasteiger partial charge in [0.05, 0.1) is 17.4 Å². The van der Waals surface area contributed by atoms with Gasteiger partial charge in [-0.2, -0.15) is 26.3 Å². The second-order valence-corrected chi connectivity index (χ2v) is 7.80. The van der Waals surface area contributed by atoms with Crippen LogP contribution in [0, 0.1) is 17.8 Å². The summed E-state index contributed by atoms with van der Waals surface area (Å²) >= 11 is 0. The van der Waals surface area contributed by atoms with Gasteiger partial charge in [0.25, 0.3) is 0 Å². The van der Waals surface area contributed by atoms with E-state index >= 15 is 0 Å². The predicted octanol–water partition coefficient (Wildman–Crippen LogP) is 4.97. The van der Waals surface area contributed by atoms with Crippen LogP contribution in [0.4, 0.5) is 26.3 Å². The summed E-state index contributed by atoms with van der Waals surface area (Å²) in [7, 11) is 1.39. The lowest BCUT2D eigenvalue weighted by atomic mass is 9.73. The van der Waals surface area contributed by atoms with Gasteiger partial charge < -0.3 is 10.1 Å². The van der Waals surface area contributed by atoms with Crippen LogP contribution in [0.3, 0.4) is 0 Å². The number of dihydropyridines is 1. The van der Waals surface area contributed by atoms with Gasteiger partial charge in [-0.25, -0.2) is 4.99 Å². The molecule has 0 spiro atoms. The lowest BCUT2D eigenvalue weighted by molar-refractivity contribution is -0.0902. The molecular formula is C20H24F6N2O. The van der Waals surface area contributed by atoms with E-state index in [2.05, 4.69) is 10.3 Å². The van der Waals surface area contributed by atoms with Crippen LogP contribution >= 0.6 is 0 Å². The number of aliphatic imine (C=N–C) groups is 1. The first kappa shape index (κ1) is 22.1.